The number of amides is 3. The molecule has 35 heavy (non-hydrogen) atoms. The van der Waals surface area contributed by atoms with Gasteiger partial charge in [-0.15, -0.1) is 0 Å². The molecule has 0 bridgehead atoms. The lowest BCUT2D eigenvalue weighted by atomic mass is 9.82. The van der Waals surface area contributed by atoms with Gasteiger partial charge in [-0.25, -0.2) is 4.39 Å². The van der Waals surface area contributed by atoms with Crippen LogP contribution in [-0.4, -0.2) is 61.2 Å². The first-order valence-electron chi connectivity index (χ1n) is 11.7. The molecule has 2 heterocycles. The molecular formula is C25H29FN6O3. The van der Waals surface area contributed by atoms with Gasteiger partial charge < -0.3 is 26.6 Å². The second kappa shape index (κ2) is 10.6. The van der Waals surface area contributed by atoms with Crippen LogP contribution in [0.1, 0.15) is 35.2 Å². The molecule has 0 radical (unpaired) electrons. The molecule has 2 aromatic rings. The monoisotopic (exact) mass is 480 g/mol. The maximum absolute atomic E-state index is 13.1. The van der Waals surface area contributed by atoms with Crippen molar-refractivity contribution in [2.75, 3.05) is 31.5 Å². The zero-order valence-corrected chi connectivity index (χ0v) is 19.3. The van der Waals surface area contributed by atoms with Crippen molar-refractivity contribution in [1.82, 2.24) is 15.5 Å². The number of halogens is 1. The van der Waals surface area contributed by atoms with Crippen LogP contribution in [0.5, 0.6) is 0 Å². The Morgan fingerprint density at radius 1 is 1.06 bits per heavy atom. The highest BCUT2D eigenvalue weighted by Crippen LogP contribution is 2.31. The number of rotatable bonds is 8. The van der Waals surface area contributed by atoms with Crippen LogP contribution in [0.3, 0.4) is 0 Å². The van der Waals surface area contributed by atoms with Gasteiger partial charge in [0.15, 0.2) is 11.6 Å². The maximum atomic E-state index is 13.1. The summed E-state index contributed by atoms with van der Waals surface area (Å²) in [6.07, 6.45) is 4.89. The van der Waals surface area contributed by atoms with E-state index in [9.17, 15) is 18.8 Å². The summed E-state index contributed by atoms with van der Waals surface area (Å²) in [5.41, 5.74) is 5.44. The highest BCUT2D eigenvalue weighted by molar-refractivity contribution is 6.04. The van der Waals surface area contributed by atoms with E-state index < -0.39 is 35.1 Å². The fourth-order valence-electron chi connectivity index (χ4n) is 4.50. The number of nitrogens with zero attached hydrogens (tertiary/aromatic N) is 2. The Kier molecular flexibility index (Phi) is 7.40. The molecule has 10 heteroatoms. The molecule has 0 saturated carbocycles. The fraction of sp³-hybridized carbons (Fsp3) is 0.360. The van der Waals surface area contributed by atoms with Crippen molar-refractivity contribution >= 4 is 29.7 Å². The average Bonchev–Trinajstić information content (AvgIpc) is 3.32. The number of aliphatic imine (C=N–C) groups is 1. The second-order valence-corrected chi connectivity index (χ2v) is 8.73. The summed E-state index contributed by atoms with van der Waals surface area (Å²) in [7, 11) is 0. The van der Waals surface area contributed by atoms with Crippen molar-refractivity contribution in [2.45, 2.75) is 30.8 Å². The van der Waals surface area contributed by atoms with Gasteiger partial charge in [0.05, 0.1) is 6.34 Å². The van der Waals surface area contributed by atoms with Gasteiger partial charge in [-0.1, -0.05) is 18.6 Å². The van der Waals surface area contributed by atoms with Crippen LogP contribution >= 0.6 is 0 Å². The number of anilines is 1. The minimum atomic E-state index is -1.55. The number of hydrogen-bond donors (Lipinski definition) is 4. The van der Waals surface area contributed by atoms with Gasteiger partial charge in [0.2, 0.25) is 5.91 Å². The number of piperidine rings is 1. The Morgan fingerprint density at radius 3 is 2.40 bits per heavy atom. The lowest BCUT2D eigenvalue weighted by molar-refractivity contribution is -0.131. The predicted molar refractivity (Wildman–Crippen MR) is 130 cm³/mol. The standard InChI is InChI=1S/C25H29FN6O3/c26-19-8-4-17(5-9-19)22(33)31-20-10-6-18(7-11-20)25(24(27)35)21(29-16-30-25)23(34)28-12-15-32-13-2-1-3-14-32/h4-11,16,21H,1-3,12-15H2,(H2,27,35)(H,28,34)(H,29,30)(H,31,33). The summed E-state index contributed by atoms with van der Waals surface area (Å²) in [5.74, 6) is -1.97. The number of likely N-dealkylation sites (tertiary alicyclic amines) is 1. The van der Waals surface area contributed by atoms with Crippen LogP contribution < -0.4 is 21.7 Å². The van der Waals surface area contributed by atoms with Crippen LogP contribution in [0, 0.1) is 5.82 Å². The molecule has 9 nitrogen and oxygen atoms in total. The zero-order chi connectivity index (χ0) is 24.8. The summed E-state index contributed by atoms with van der Waals surface area (Å²) in [4.78, 5) is 44.5. The molecule has 0 spiro atoms. The van der Waals surface area contributed by atoms with Crippen LogP contribution in [0.4, 0.5) is 10.1 Å². The first kappa shape index (κ1) is 24.3. The Balaban J connectivity index is 1.44. The Hall–Kier alpha value is -3.79. The lowest BCUT2D eigenvalue weighted by Crippen LogP contribution is -2.60. The van der Waals surface area contributed by atoms with E-state index in [0.29, 0.717) is 23.4 Å². The second-order valence-electron chi connectivity index (χ2n) is 8.73. The summed E-state index contributed by atoms with van der Waals surface area (Å²) in [5, 5.41) is 8.49. The molecule has 0 aromatic heterocycles. The molecule has 2 atom stereocenters. The number of nitrogens with one attached hydrogen (secondary N) is 3. The van der Waals surface area contributed by atoms with E-state index in [1.54, 1.807) is 24.3 Å². The summed E-state index contributed by atoms with van der Waals surface area (Å²) < 4.78 is 13.1. The molecule has 5 N–H and O–H groups in total. The van der Waals surface area contributed by atoms with E-state index in [0.717, 1.165) is 32.5 Å². The van der Waals surface area contributed by atoms with Gasteiger partial charge in [-0.05, 0) is 67.9 Å². The summed E-state index contributed by atoms with van der Waals surface area (Å²) in [6.45, 7) is 3.23. The number of primary amides is 1. The number of carbonyl (C=O) groups excluding carboxylic acids is 3. The summed E-state index contributed by atoms with van der Waals surface area (Å²) in [6, 6.07) is 10.5. The van der Waals surface area contributed by atoms with Gasteiger partial charge in [-0.2, -0.15) is 0 Å². The van der Waals surface area contributed by atoms with Crippen molar-refractivity contribution in [3.8, 4) is 0 Å². The summed E-state index contributed by atoms with van der Waals surface area (Å²) >= 11 is 0. The topological polar surface area (TPSA) is 129 Å². The molecule has 3 amide bonds. The van der Waals surface area contributed by atoms with Gasteiger partial charge in [0.1, 0.15) is 5.82 Å². The molecular weight excluding hydrogens is 451 g/mol. The number of carbonyl (C=O) groups is 3. The number of nitrogens with two attached hydrogens (primary N) is 1. The first-order valence-corrected chi connectivity index (χ1v) is 11.7. The highest BCUT2D eigenvalue weighted by Gasteiger charge is 2.52. The van der Waals surface area contributed by atoms with Gasteiger partial charge >= 0.3 is 0 Å². The number of hydrogen-bond acceptors (Lipinski definition) is 6. The van der Waals surface area contributed by atoms with E-state index in [-0.39, 0.29) is 0 Å². The van der Waals surface area contributed by atoms with Crippen molar-refractivity contribution in [2.24, 2.45) is 10.7 Å². The Bertz CT molecular complexity index is 1100. The minimum absolute atomic E-state index is 0.302. The molecule has 2 aromatic carbocycles. The normalized spacial score (nSPS) is 21.8. The Labute approximate surface area is 203 Å². The highest BCUT2D eigenvalue weighted by atomic mass is 19.1. The van der Waals surface area contributed by atoms with Crippen molar-refractivity contribution in [3.05, 3.63) is 65.5 Å². The van der Waals surface area contributed by atoms with Gasteiger partial charge in [0.25, 0.3) is 11.8 Å². The molecule has 2 aliphatic rings. The predicted octanol–water partition coefficient (Wildman–Crippen LogP) is 1.36. The van der Waals surface area contributed by atoms with Crippen LogP contribution in [0.2, 0.25) is 0 Å². The van der Waals surface area contributed by atoms with Crippen molar-refractivity contribution in [1.29, 1.82) is 0 Å². The zero-order valence-electron chi connectivity index (χ0n) is 19.3. The first-order chi connectivity index (χ1) is 16.9. The molecule has 4 rings (SSSR count). The van der Waals surface area contributed by atoms with Crippen LogP contribution in [0.25, 0.3) is 0 Å². The van der Waals surface area contributed by atoms with E-state index in [1.807, 2.05) is 0 Å². The van der Waals surface area contributed by atoms with Gasteiger partial charge in [0, 0.05) is 24.3 Å². The van der Waals surface area contributed by atoms with E-state index in [4.69, 9.17) is 5.73 Å². The molecule has 0 aliphatic carbocycles. The van der Waals surface area contributed by atoms with E-state index in [1.165, 1.54) is 37.0 Å². The fourth-order valence-corrected chi connectivity index (χ4v) is 4.50. The largest absolute Gasteiger partial charge is 0.367 e. The average molecular weight is 481 g/mol. The van der Waals surface area contributed by atoms with Crippen molar-refractivity contribution in [3.63, 3.8) is 0 Å². The maximum Gasteiger partial charge on any atom is 0.255 e. The van der Waals surface area contributed by atoms with Crippen molar-refractivity contribution < 1.29 is 18.8 Å². The lowest BCUT2D eigenvalue weighted by Gasteiger charge is -2.32. The van der Waals surface area contributed by atoms with Crippen LogP contribution in [-0.2, 0) is 15.1 Å². The molecule has 1 fully saturated rings. The molecule has 2 aliphatic heterocycles. The smallest absolute Gasteiger partial charge is 0.255 e. The van der Waals surface area contributed by atoms with Gasteiger partial charge in [-0.3, -0.25) is 19.4 Å². The third-order valence-corrected chi connectivity index (χ3v) is 6.44. The Morgan fingerprint density at radius 2 is 1.74 bits per heavy atom. The van der Waals surface area contributed by atoms with Crippen LogP contribution in [0.15, 0.2) is 53.5 Å². The minimum Gasteiger partial charge on any atom is -0.367 e. The third-order valence-electron chi connectivity index (χ3n) is 6.44. The SMILES string of the molecule is NC(=O)C1(c2ccc(NC(=O)c3ccc(F)cc3)cc2)NC=NC1C(=O)NCCN1CCCCC1. The molecule has 2 unspecified atom stereocenters. The van der Waals surface area contributed by atoms with E-state index in [2.05, 4.69) is 25.8 Å². The quantitative estimate of drug-likeness (QED) is 0.454. The number of benzene rings is 2. The molecule has 184 valence electrons. The van der Waals surface area contributed by atoms with E-state index >= 15 is 0 Å². The molecule has 1 saturated heterocycles. The third kappa shape index (κ3) is 5.32.